The molecule has 5 heteroatoms. The van der Waals surface area contributed by atoms with Gasteiger partial charge in [-0.1, -0.05) is 12.2 Å². The standard InChI is InChI=1S/C9H16ClNO2S/c10-14(12,13)7-2-1-4-9-5-3-6-11-8-9/h1-2,9,11H,3-8H2/b2-1-. The van der Waals surface area contributed by atoms with Crippen molar-refractivity contribution < 1.29 is 8.42 Å². The monoisotopic (exact) mass is 237 g/mol. The highest BCUT2D eigenvalue weighted by Crippen LogP contribution is 2.14. The van der Waals surface area contributed by atoms with Crippen molar-refractivity contribution in [1.29, 1.82) is 0 Å². The van der Waals surface area contributed by atoms with E-state index in [0.29, 0.717) is 5.92 Å². The summed E-state index contributed by atoms with van der Waals surface area (Å²) in [6, 6.07) is 0. The van der Waals surface area contributed by atoms with Crippen molar-refractivity contribution in [2.75, 3.05) is 18.8 Å². The molecule has 0 aliphatic carbocycles. The Morgan fingerprint density at radius 3 is 2.79 bits per heavy atom. The van der Waals surface area contributed by atoms with E-state index in [2.05, 4.69) is 5.32 Å². The molecule has 0 saturated carbocycles. The summed E-state index contributed by atoms with van der Waals surface area (Å²) in [7, 11) is 1.71. The fraction of sp³-hybridized carbons (Fsp3) is 0.778. The molecule has 1 N–H and O–H groups in total. The maximum atomic E-state index is 10.6. The predicted octanol–water partition coefficient (Wildman–Crippen LogP) is 1.50. The van der Waals surface area contributed by atoms with Gasteiger partial charge >= 0.3 is 0 Å². The summed E-state index contributed by atoms with van der Waals surface area (Å²) < 4.78 is 21.2. The highest BCUT2D eigenvalue weighted by atomic mass is 35.7. The van der Waals surface area contributed by atoms with Crippen LogP contribution in [0.4, 0.5) is 0 Å². The first-order valence-corrected chi connectivity index (χ1v) is 7.34. The molecule has 0 aromatic rings. The molecule has 14 heavy (non-hydrogen) atoms. The van der Waals surface area contributed by atoms with E-state index in [1.54, 1.807) is 6.08 Å². The molecule has 1 atom stereocenters. The molecule has 1 fully saturated rings. The Kier molecular flexibility index (Phi) is 4.92. The number of hydrogen-bond donors (Lipinski definition) is 1. The molecule has 0 radical (unpaired) electrons. The highest BCUT2D eigenvalue weighted by Gasteiger charge is 2.10. The Balaban J connectivity index is 2.19. The number of hydrogen-bond acceptors (Lipinski definition) is 3. The van der Waals surface area contributed by atoms with Crippen LogP contribution >= 0.6 is 10.7 Å². The van der Waals surface area contributed by atoms with E-state index >= 15 is 0 Å². The predicted molar refractivity (Wildman–Crippen MR) is 59.0 cm³/mol. The summed E-state index contributed by atoms with van der Waals surface area (Å²) in [5.74, 6) is 0.590. The van der Waals surface area contributed by atoms with Crippen LogP contribution in [0, 0.1) is 5.92 Å². The van der Waals surface area contributed by atoms with Gasteiger partial charge in [0, 0.05) is 10.7 Å². The molecular formula is C9H16ClNO2S. The first-order valence-electron chi connectivity index (χ1n) is 4.86. The minimum atomic E-state index is -3.36. The van der Waals surface area contributed by atoms with Crippen LogP contribution in [0.1, 0.15) is 19.3 Å². The summed E-state index contributed by atoms with van der Waals surface area (Å²) in [4.78, 5) is 0. The smallest absolute Gasteiger partial charge is 0.236 e. The summed E-state index contributed by atoms with van der Waals surface area (Å²) >= 11 is 0. The first kappa shape index (κ1) is 12.0. The van der Waals surface area contributed by atoms with E-state index in [0.717, 1.165) is 19.5 Å². The summed E-state index contributed by atoms with van der Waals surface area (Å²) in [5.41, 5.74) is 0. The molecule has 0 aromatic carbocycles. The van der Waals surface area contributed by atoms with Crippen LogP contribution in [0.15, 0.2) is 12.2 Å². The van der Waals surface area contributed by atoms with E-state index in [1.165, 1.54) is 12.8 Å². The van der Waals surface area contributed by atoms with Crippen molar-refractivity contribution in [1.82, 2.24) is 5.32 Å². The van der Waals surface area contributed by atoms with Gasteiger partial charge in [0.1, 0.15) is 0 Å². The molecule has 0 spiro atoms. The number of rotatable bonds is 4. The van der Waals surface area contributed by atoms with Crippen molar-refractivity contribution >= 4 is 19.7 Å². The van der Waals surface area contributed by atoms with E-state index in [1.807, 2.05) is 6.08 Å². The SMILES string of the molecule is O=S(=O)(Cl)C/C=C\CC1CCCNC1. The van der Waals surface area contributed by atoms with Gasteiger partial charge in [-0.3, -0.25) is 0 Å². The Hall–Kier alpha value is -0.0600. The molecule has 1 rings (SSSR count). The summed E-state index contributed by atoms with van der Waals surface area (Å²) in [6.07, 6.45) is 6.94. The lowest BCUT2D eigenvalue weighted by Crippen LogP contribution is -2.29. The zero-order chi connectivity index (χ0) is 10.4. The molecule has 1 aliphatic rings. The average molecular weight is 238 g/mol. The van der Waals surface area contributed by atoms with Gasteiger partial charge in [0.05, 0.1) is 5.75 Å². The molecular weight excluding hydrogens is 222 g/mol. The van der Waals surface area contributed by atoms with Gasteiger partial charge in [-0.25, -0.2) is 8.42 Å². The van der Waals surface area contributed by atoms with Gasteiger partial charge in [-0.2, -0.15) is 0 Å². The lowest BCUT2D eigenvalue weighted by atomic mass is 9.96. The maximum Gasteiger partial charge on any atom is 0.236 e. The Morgan fingerprint density at radius 1 is 1.43 bits per heavy atom. The van der Waals surface area contributed by atoms with Crippen molar-refractivity contribution in [3.63, 3.8) is 0 Å². The molecule has 1 unspecified atom stereocenters. The fourth-order valence-electron chi connectivity index (χ4n) is 1.60. The van der Waals surface area contributed by atoms with Crippen LogP contribution in [0.2, 0.25) is 0 Å². The van der Waals surface area contributed by atoms with E-state index in [4.69, 9.17) is 10.7 Å². The third-order valence-electron chi connectivity index (χ3n) is 2.33. The van der Waals surface area contributed by atoms with E-state index in [-0.39, 0.29) is 5.75 Å². The summed E-state index contributed by atoms with van der Waals surface area (Å²) in [6.45, 7) is 2.15. The quantitative estimate of drug-likeness (QED) is 0.596. The van der Waals surface area contributed by atoms with E-state index in [9.17, 15) is 8.42 Å². The lowest BCUT2D eigenvalue weighted by molar-refractivity contribution is 0.381. The minimum absolute atomic E-state index is 0.0608. The second-order valence-corrected chi connectivity index (χ2v) is 6.45. The number of allylic oxidation sites excluding steroid dienone is 1. The summed E-state index contributed by atoms with van der Waals surface area (Å²) in [5, 5.41) is 3.31. The first-order chi connectivity index (χ1) is 6.58. The second-order valence-electron chi connectivity index (χ2n) is 3.62. The fourth-order valence-corrected chi connectivity index (χ4v) is 2.18. The van der Waals surface area contributed by atoms with Gasteiger partial charge in [-0.15, -0.1) is 0 Å². The zero-order valence-corrected chi connectivity index (χ0v) is 9.65. The van der Waals surface area contributed by atoms with Crippen LogP contribution in [0.3, 0.4) is 0 Å². The average Bonchev–Trinajstić information content (AvgIpc) is 2.13. The third kappa shape index (κ3) is 5.62. The zero-order valence-electron chi connectivity index (χ0n) is 8.08. The van der Waals surface area contributed by atoms with Gasteiger partial charge in [0.2, 0.25) is 9.05 Å². The Bertz CT molecular complexity index is 281. The molecule has 0 amide bonds. The topological polar surface area (TPSA) is 46.2 Å². The second kappa shape index (κ2) is 5.73. The lowest BCUT2D eigenvalue weighted by Gasteiger charge is -2.21. The van der Waals surface area contributed by atoms with Gasteiger partial charge < -0.3 is 5.32 Å². The van der Waals surface area contributed by atoms with Gasteiger partial charge in [0.25, 0.3) is 0 Å². The molecule has 82 valence electrons. The van der Waals surface area contributed by atoms with Crippen LogP contribution in [0.5, 0.6) is 0 Å². The van der Waals surface area contributed by atoms with Gasteiger partial charge in [-0.05, 0) is 38.3 Å². The molecule has 0 bridgehead atoms. The van der Waals surface area contributed by atoms with Crippen molar-refractivity contribution in [3.05, 3.63) is 12.2 Å². The minimum Gasteiger partial charge on any atom is -0.316 e. The van der Waals surface area contributed by atoms with Gasteiger partial charge in [0.15, 0.2) is 0 Å². The van der Waals surface area contributed by atoms with Crippen molar-refractivity contribution in [3.8, 4) is 0 Å². The van der Waals surface area contributed by atoms with Crippen LogP contribution in [0.25, 0.3) is 0 Å². The normalized spacial score (nSPS) is 24.2. The highest BCUT2D eigenvalue weighted by molar-refractivity contribution is 8.13. The Labute approximate surface area is 89.9 Å². The Morgan fingerprint density at radius 2 is 2.21 bits per heavy atom. The molecule has 1 saturated heterocycles. The number of halogens is 1. The third-order valence-corrected chi connectivity index (χ3v) is 3.30. The molecule has 0 aromatic heterocycles. The number of piperidine rings is 1. The molecule has 1 aliphatic heterocycles. The van der Waals surface area contributed by atoms with Crippen LogP contribution in [-0.4, -0.2) is 27.3 Å². The largest absolute Gasteiger partial charge is 0.316 e. The van der Waals surface area contributed by atoms with Crippen molar-refractivity contribution in [2.45, 2.75) is 19.3 Å². The molecule has 3 nitrogen and oxygen atoms in total. The maximum absolute atomic E-state index is 10.6. The number of nitrogens with one attached hydrogen (secondary N) is 1. The van der Waals surface area contributed by atoms with Crippen LogP contribution in [-0.2, 0) is 9.05 Å². The molecule has 1 heterocycles. The van der Waals surface area contributed by atoms with Crippen molar-refractivity contribution in [2.24, 2.45) is 5.92 Å². The van der Waals surface area contributed by atoms with E-state index < -0.39 is 9.05 Å². The van der Waals surface area contributed by atoms with Crippen LogP contribution < -0.4 is 5.32 Å².